The highest BCUT2D eigenvalue weighted by molar-refractivity contribution is 5.31. The molecule has 2 heteroatoms. The highest BCUT2D eigenvalue weighted by Crippen LogP contribution is 2.18. The van der Waals surface area contributed by atoms with Crippen molar-refractivity contribution in [2.75, 3.05) is 6.61 Å². The van der Waals surface area contributed by atoms with Gasteiger partial charge in [-0.3, -0.25) is 0 Å². The van der Waals surface area contributed by atoms with Crippen LogP contribution < -0.4 is 9.47 Å². The van der Waals surface area contributed by atoms with Crippen LogP contribution in [0.15, 0.2) is 24.3 Å². The van der Waals surface area contributed by atoms with Crippen LogP contribution in [0, 0.1) is 0 Å². The van der Waals surface area contributed by atoms with E-state index in [0.29, 0.717) is 0 Å². The monoisotopic (exact) mass is 222 g/mol. The van der Waals surface area contributed by atoms with Gasteiger partial charge in [-0.05, 0) is 44.5 Å². The molecule has 90 valence electrons. The van der Waals surface area contributed by atoms with Crippen molar-refractivity contribution in [3.05, 3.63) is 24.3 Å². The summed E-state index contributed by atoms with van der Waals surface area (Å²) in [5.41, 5.74) is 0. The molecule has 0 aliphatic carbocycles. The molecule has 0 aliphatic heterocycles. The summed E-state index contributed by atoms with van der Waals surface area (Å²) in [6.07, 6.45) is 3.80. The van der Waals surface area contributed by atoms with E-state index < -0.39 is 0 Å². The number of hydrogen-bond acceptors (Lipinski definition) is 2. The third-order valence-corrected chi connectivity index (χ3v) is 2.21. The van der Waals surface area contributed by atoms with E-state index >= 15 is 0 Å². The van der Waals surface area contributed by atoms with E-state index in [1.54, 1.807) is 0 Å². The number of unbranched alkanes of at least 4 members (excludes halogenated alkanes) is 2. The third-order valence-electron chi connectivity index (χ3n) is 2.21. The van der Waals surface area contributed by atoms with E-state index in [9.17, 15) is 0 Å². The quantitative estimate of drug-likeness (QED) is 0.648. The van der Waals surface area contributed by atoms with Crippen molar-refractivity contribution in [3.8, 4) is 11.5 Å². The van der Waals surface area contributed by atoms with Gasteiger partial charge in [-0.2, -0.15) is 0 Å². The van der Waals surface area contributed by atoms with E-state index in [-0.39, 0.29) is 6.10 Å². The van der Waals surface area contributed by atoms with Crippen molar-refractivity contribution in [2.45, 2.75) is 46.1 Å². The topological polar surface area (TPSA) is 18.5 Å². The van der Waals surface area contributed by atoms with E-state index in [4.69, 9.17) is 9.47 Å². The van der Waals surface area contributed by atoms with Gasteiger partial charge in [0.2, 0.25) is 0 Å². The fraction of sp³-hybridized carbons (Fsp3) is 0.571. The van der Waals surface area contributed by atoms with Crippen LogP contribution in [-0.2, 0) is 0 Å². The Morgan fingerprint density at radius 2 is 1.62 bits per heavy atom. The SMILES string of the molecule is CCCCCOc1ccc(OC(C)C)cc1. The van der Waals surface area contributed by atoms with Gasteiger partial charge in [-0.15, -0.1) is 0 Å². The third kappa shape index (κ3) is 5.06. The molecule has 0 fully saturated rings. The van der Waals surface area contributed by atoms with Gasteiger partial charge in [0.1, 0.15) is 11.5 Å². The van der Waals surface area contributed by atoms with Crippen LogP contribution >= 0.6 is 0 Å². The van der Waals surface area contributed by atoms with Gasteiger partial charge in [0, 0.05) is 0 Å². The molecule has 0 saturated heterocycles. The highest BCUT2D eigenvalue weighted by Gasteiger charge is 1.98. The second kappa shape index (κ2) is 7.15. The van der Waals surface area contributed by atoms with Crippen molar-refractivity contribution in [3.63, 3.8) is 0 Å². The fourth-order valence-electron chi connectivity index (χ4n) is 1.43. The molecule has 16 heavy (non-hydrogen) atoms. The number of benzene rings is 1. The molecule has 0 spiro atoms. The smallest absolute Gasteiger partial charge is 0.119 e. The second-order valence-corrected chi connectivity index (χ2v) is 4.19. The zero-order valence-electron chi connectivity index (χ0n) is 10.5. The summed E-state index contributed by atoms with van der Waals surface area (Å²) in [7, 11) is 0. The Hall–Kier alpha value is -1.18. The molecule has 2 nitrogen and oxygen atoms in total. The molecule has 0 saturated carbocycles. The summed E-state index contributed by atoms with van der Waals surface area (Å²) < 4.78 is 11.2. The van der Waals surface area contributed by atoms with Crippen LogP contribution in [0.3, 0.4) is 0 Å². The average molecular weight is 222 g/mol. The Balaban J connectivity index is 2.33. The van der Waals surface area contributed by atoms with Crippen molar-refractivity contribution in [1.29, 1.82) is 0 Å². The minimum absolute atomic E-state index is 0.219. The highest BCUT2D eigenvalue weighted by atomic mass is 16.5. The Morgan fingerprint density at radius 3 is 2.19 bits per heavy atom. The Labute approximate surface area is 98.6 Å². The van der Waals surface area contributed by atoms with Crippen LogP contribution in [0.2, 0.25) is 0 Å². The largest absolute Gasteiger partial charge is 0.494 e. The van der Waals surface area contributed by atoms with E-state index in [1.165, 1.54) is 12.8 Å². The first kappa shape index (κ1) is 12.9. The predicted molar refractivity (Wildman–Crippen MR) is 67.2 cm³/mol. The molecule has 0 heterocycles. The molecule has 0 atom stereocenters. The molecule has 0 aliphatic rings. The standard InChI is InChI=1S/C14H22O2/c1-4-5-6-11-15-13-7-9-14(10-8-13)16-12(2)3/h7-10,12H,4-6,11H2,1-3H3. The average Bonchev–Trinajstić information content (AvgIpc) is 2.26. The van der Waals surface area contributed by atoms with Crippen LogP contribution in [0.25, 0.3) is 0 Å². The van der Waals surface area contributed by atoms with Gasteiger partial charge < -0.3 is 9.47 Å². The zero-order valence-corrected chi connectivity index (χ0v) is 10.5. The summed E-state index contributed by atoms with van der Waals surface area (Å²) >= 11 is 0. The number of rotatable bonds is 7. The summed E-state index contributed by atoms with van der Waals surface area (Å²) in [6.45, 7) is 7.04. The van der Waals surface area contributed by atoms with Gasteiger partial charge >= 0.3 is 0 Å². The first-order valence-electron chi connectivity index (χ1n) is 6.12. The maximum atomic E-state index is 5.61. The van der Waals surface area contributed by atoms with Crippen molar-refractivity contribution in [2.24, 2.45) is 0 Å². The van der Waals surface area contributed by atoms with Crippen LogP contribution in [0.4, 0.5) is 0 Å². The molecule has 1 aromatic carbocycles. The Kier molecular flexibility index (Phi) is 5.76. The van der Waals surface area contributed by atoms with Crippen molar-refractivity contribution >= 4 is 0 Å². The lowest BCUT2D eigenvalue weighted by molar-refractivity contribution is 0.241. The lowest BCUT2D eigenvalue weighted by atomic mass is 10.3. The van der Waals surface area contributed by atoms with Crippen LogP contribution in [0.5, 0.6) is 11.5 Å². The molecule has 0 aromatic heterocycles. The first-order valence-corrected chi connectivity index (χ1v) is 6.12. The molecule has 0 amide bonds. The van der Waals surface area contributed by atoms with Gasteiger partial charge in [0.05, 0.1) is 12.7 Å². The molecular formula is C14H22O2. The summed E-state index contributed by atoms with van der Waals surface area (Å²) in [5, 5.41) is 0. The maximum Gasteiger partial charge on any atom is 0.119 e. The zero-order chi connectivity index (χ0) is 11.8. The second-order valence-electron chi connectivity index (χ2n) is 4.19. The Morgan fingerprint density at radius 1 is 1.00 bits per heavy atom. The minimum Gasteiger partial charge on any atom is -0.494 e. The molecule has 0 N–H and O–H groups in total. The summed E-state index contributed by atoms with van der Waals surface area (Å²) in [6, 6.07) is 7.83. The molecule has 1 aromatic rings. The fourth-order valence-corrected chi connectivity index (χ4v) is 1.43. The molecule has 0 bridgehead atoms. The van der Waals surface area contributed by atoms with Gasteiger partial charge in [0.25, 0.3) is 0 Å². The van der Waals surface area contributed by atoms with E-state index in [1.807, 2.05) is 38.1 Å². The summed E-state index contributed by atoms with van der Waals surface area (Å²) in [5.74, 6) is 1.82. The van der Waals surface area contributed by atoms with Gasteiger partial charge in [-0.1, -0.05) is 19.8 Å². The molecular weight excluding hydrogens is 200 g/mol. The predicted octanol–water partition coefficient (Wildman–Crippen LogP) is 4.04. The van der Waals surface area contributed by atoms with E-state index in [0.717, 1.165) is 24.5 Å². The number of hydrogen-bond donors (Lipinski definition) is 0. The minimum atomic E-state index is 0.219. The number of ether oxygens (including phenoxy) is 2. The molecule has 0 unspecified atom stereocenters. The maximum absolute atomic E-state index is 5.61. The molecule has 0 radical (unpaired) electrons. The van der Waals surface area contributed by atoms with Crippen molar-refractivity contribution < 1.29 is 9.47 Å². The van der Waals surface area contributed by atoms with E-state index in [2.05, 4.69) is 6.92 Å². The van der Waals surface area contributed by atoms with Gasteiger partial charge in [0.15, 0.2) is 0 Å². The molecule has 1 rings (SSSR count). The lowest BCUT2D eigenvalue weighted by Crippen LogP contribution is -2.05. The Bertz CT molecular complexity index is 277. The first-order chi connectivity index (χ1) is 7.72. The van der Waals surface area contributed by atoms with Crippen molar-refractivity contribution in [1.82, 2.24) is 0 Å². The van der Waals surface area contributed by atoms with Crippen LogP contribution in [-0.4, -0.2) is 12.7 Å². The van der Waals surface area contributed by atoms with Gasteiger partial charge in [-0.25, -0.2) is 0 Å². The van der Waals surface area contributed by atoms with Crippen LogP contribution in [0.1, 0.15) is 40.0 Å². The normalized spacial score (nSPS) is 10.5. The lowest BCUT2D eigenvalue weighted by Gasteiger charge is -2.10. The summed E-state index contributed by atoms with van der Waals surface area (Å²) in [4.78, 5) is 0.